The van der Waals surface area contributed by atoms with Crippen molar-refractivity contribution in [1.29, 1.82) is 0 Å². The van der Waals surface area contributed by atoms with E-state index in [1.54, 1.807) is 0 Å². The maximum atomic E-state index is 13.1. The summed E-state index contributed by atoms with van der Waals surface area (Å²) in [4.78, 5) is 13.1. The average molecular weight is 543 g/mol. The van der Waals surface area contributed by atoms with Crippen molar-refractivity contribution >= 4 is 29.3 Å². The SMILES string of the molecule is CCCCCCCCCCCCSCC(CC)C(=O)C(CC)CSCCCCCCCCCCCC. The van der Waals surface area contributed by atoms with Gasteiger partial charge in [-0.05, 0) is 37.2 Å². The first-order chi connectivity index (χ1) is 17.7. The topological polar surface area (TPSA) is 17.1 Å². The van der Waals surface area contributed by atoms with Crippen molar-refractivity contribution in [2.75, 3.05) is 23.0 Å². The fraction of sp³-hybridized carbons (Fsp3) is 0.970. The number of Topliss-reactive ketones (excluding diaryl/α,β-unsaturated/α-hetero) is 1. The van der Waals surface area contributed by atoms with Crippen LogP contribution >= 0.6 is 23.5 Å². The Kier molecular flexibility index (Phi) is 30.2. The van der Waals surface area contributed by atoms with Gasteiger partial charge in [-0.1, -0.05) is 143 Å². The molecule has 0 aromatic rings. The molecule has 0 N–H and O–H groups in total. The van der Waals surface area contributed by atoms with Gasteiger partial charge in [-0.2, -0.15) is 23.5 Å². The maximum absolute atomic E-state index is 13.1. The standard InChI is InChI=1S/C33H66OS2/c1-5-9-11-13-15-17-19-21-23-25-27-35-29-31(7-3)33(34)32(8-4)30-36-28-26-24-22-20-18-16-14-12-10-6-2/h31-32H,5-30H2,1-4H3. The quantitative estimate of drug-likeness (QED) is 0.0840. The van der Waals surface area contributed by atoms with Crippen molar-refractivity contribution in [2.45, 2.75) is 169 Å². The molecule has 2 atom stereocenters. The highest BCUT2D eigenvalue weighted by molar-refractivity contribution is 7.99. The summed E-state index contributed by atoms with van der Waals surface area (Å²) in [5.74, 6) is 5.70. The van der Waals surface area contributed by atoms with Gasteiger partial charge in [-0.25, -0.2) is 0 Å². The van der Waals surface area contributed by atoms with E-state index in [2.05, 4.69) is 27.7 Å². The van der Waals surface area contributed by atoms with Crippen LogP contribution in [-0.2, 0) is 4.79 Å². The molecule has 0 aromatic carbocycles. The van der Waals surface area contributed by atoms with E-state index in [-0.39, 0.29) is 11.8 Å². The lowest BCUT2D eigenvalue weighted by Gasteiger charge is -2.20. The molecule has 0 aliphatic rings. The summed E-state index contributed by atoms with van der Waals surface area (Å²) in [6.45, 7) is 9.01. The fourth-order valence-electron chi connectivity index (χ4n) is 4.97. The van der Waals surface area contributed by atoms with Gasteiger partial charge in [-0.15, -0.1) is 0 Å². The summed E-state index contributed by atoms with van der Waals surface area (Å²) in [6, 6.07) is 0. The Morgan fingerprint density at radius 3 is 1.00 bits per heavy atom. The van der Waals surface area contributed by atoms with E-state index >= 15 is 0 Å². The zero-order valence-electron chi connectivity index (χ0n) is 25.3. The molecule has 0 fully saturated rings. The van der Waals surface area contributed by atoms with Crippen molar-refractivity contribution in [3.63, 3.8) is 0 Å². The molecule has 0 saturated heterocycles. The molecule has 0 rings (SSSR count). The second-order valence-corrected chi connectivity index (χ2v) is 13.4. The van der Waals surface area contributed by atoms with Crippen molar-refractivity contribution in [1.82, 2.24) is 0 Å². The zero-order chi connectivity index (χ0) is 26.5. The monoisotopic (exact) mass is 542 g/mol. The van der Waals surface area contributed by atoms with Crippen LogP contribution in [0.5, 0.6) is 0 Å². The lowest BCUT2D eigenvalue weighted by Crippen LogP contribution is -2.26. The summed E-state index contributed by atoms with van der Waals surface area (Å²) in [7, 11) is 0. The molecule has 0 heterocycles. The highest BCUT2D eigenvalue weighted by Crippen LogP contribution is 2.24. The van der Waals surface area contributed by atoms with E-state index < -0.39 is 0 Å². The number of ketones is 1. The molecule has 216 valence electrons. The Hall–Kier alpha value is 0.370. The van der Waals surface area contributed by atoms with Crippen LogP contribution in [0.2, 0.25) is 0 Å². The van der Waals surface area contributed by atoms with Gasteiger partial charge < -0.3 is 0 Å². The number of hydrogen-bond donors (Lipinski definition) is 0. The Labute approximate surface area is 237 Å². The molecule has 0 aliphatic heterocycles. The molecular weight excluding hydrogens is 476 g/mol. The largest absolute Gasteiger partial charge is 0.299 e. The first-order valence-electron chi connectivity index (χ1n) is 16.4. The van der Waals surface area contributed by atoms with Crippen LogP contribution < -0.4 is 0 Å². The Balaban J connectivity index is 3.72. The van der Waals surface area contributed by atoms with E-state index in [9.17, 15) is 4.79 Å². The van der Waals surface area contributed by atoms with Crippen LogP contribution in [0.15, 0.2) is 0 Å². The van der Waals surface area contributed by atoms with Crippen LogP contribution in [0.25, 0.3) is 0 Å². The van der Waals surface area contributed by atoms with E-state index in [4.69, 9.17) is 0 Å². The van der Waals surface area contributed by atoms with Crippen molar-refractivity contribution in [3.8, 4) is 0 Å². The van der Waals surface area contributed by atoms with Crippen LogP contribution in [0.1, 0.15) is 169 Å². The van der Waals surface area contributed by atoms with Gasteiger partial charge in [0.05, 0.1) is 0 Å². The first-order valence-corrected chi connectivity index (χ1v) is 18.7. The number of unbranched alkanes of at least 4 members (excludes halogenated alkanes) is 18. The summed E-state index contributed by atoms with van der Waals surface area (Å²) < 4.78 is 0. The number of thioether (sulfide) groups is 2. The third-order valence-electron chi connectivity index (χ3n) is 7.71. The second-order valence-electron chi connectivity index (χ2n) is 11.1. The van der Waals surface area contributed by atoms with Crippen molar-refractivity contribution < 1.29 is 4.79 Å². The predicted molar refractivity (Wildman–Crippen MR) is 171 cm³/mol. The van der Waals surface area contributed by atoms with Gasteiger partial charge >= 0.3 is 0 Å². The molecule has 0 saturated carbocycles. The maximum Gasteiger partial charge on any atom is 0.140 e. The van der Waals surface area contributed by atoms with Crippen LogP contribution in [0.4, 0.5) is 0 Å². The predicted octanol–water partition coefficient (Wildman–Crippen LogP) is 11.9. The molecule has 0 amide bonds. The summed E-state index contributed by atoms with van der Waals surface area (Å²) in [6.07, 6.45) is 30.1. The van der Waals surface area contributed by atoms with Gasteiger partial charge in [0.2, 0.25) is 0 Å². The van der Waals surface area contributed by atoms with Crippen molar-refractivity contribution in [3.05, 3.63) is 0 Å². The van der Waals surface area contributed by atoms with Gasteiger partial charge in [0, 0.05) is 23.3 Å². The molecule has 0 bridgehead atoms. The van der Waals surface area contributed by atoms with Gasteiger partial charge in [0.25, 0.3) is 0 Å². The first kappa shape index (κ1) is 36.4. The summed E-state index contributed by atoms with van der Waals surface area (Å²) in [5, 5.41) is 0. The lowest BCUT2D eigenvalue weighted by molar-refractivity contribution is -0.125. The van der Waals surface area contributed by atoms with E-state index in [1.807, 2.05) is 23.5 Å². The van der Waals surface area contributed by atoms with Crippen LogP contribution in [0.3, 0.4) is 0 Å². The number of rotatable bonds is 30. The van der Waals surface area contributed by atoms with Gasteiger partial charge in [0.1, 0.15) is 5.78 Å². The zero-order valence-corrected chi connectivity index (χ0v) is 26.9. The van der Waals surface area contributed by atoms with E-state index in [0.717, 1.165) is 24.3 Å². The fourth-order valence-corrected chi connectivity index (χ4v) is 7.49. The molecule has 3 heteroatoms. The highest BCUT2D eigenvalue weighted by Gasteiger charge is 2.24. The normalized spacial score (nSPS) is 13.2. The molecule has 2 unspecified atom stereocenters. The molecule has 1 nitrogen and oxygen atoms in total. The Morgan fingerprint density at radius 2 is 0.722 bits per heavy atom. The number of carbonyl (C=O) groups is 1. The minimum absolute atomic E-state index is 0.279. The van der Waals surface area contributed by atoms with Crippen molar-refractivity contribution in [2.24, 2.45) is 11.8 Å². The summed E-state index contributed by atoms with van der Waals surface area (Å²) >= 11 is 4.08. The van der Waals surface area contributed by atoms with Gasteiger partial charge in [0.15, 0.2) is 0 Å². The molecular formula is C33H66OS2. The summed E-state index contributed by atoms with van der Waals surface area (Å²) in [5.41, 5.74) is 0. The van der Waals surface area contributed by atoms with E-state index in [0.29, 0.717) is 5.78 Å². The Bertz CT molecular complexity index is 401. The molecule has 0 aliphatic carbocycles. The van der Waals surface area contributed by atoms with E-state index in [1.165, 1.54) is 140 Å². The number of hydrogen-bond acceptors (Lipinski definition) is 3. The second kappa shape index (κ2) is 29.9. The smallest absolute Gasteiger partial charge is 0.140 e. The minimum atomic E-state index is 0.279. The molecule has 36 heavy (non-hydrogen) atoms. The Morgan fingerprint density at radius 1 is 0.444 bits per heavy atom. The highest BCUT2D eigenvalue weighted by atomic mass is 32.2. The molecule has 0 radical (unpaired) electrons. The average Bonchev–Trinajstić information content (AvgIpc) is 2.89. The minimum Gasteiger partial charge on any atom is -0.299 e. The van der Waals surface area contributed by atoms with Gasteiger partial charge in [-0.3, -0.25) is 4.79 Å². The molecule has 0 aromatic heterocycles. The van der Waals surface area contributed by atoms with Crippen LogP contribution in [-0.4, -0.2) is 28.8 Å². The molecule has 0 spiro atoms. The third-order valence-corrected chi connectivity index (χ3v) is 10.1. The third kappa shape index (κ3) is 23.5. The lowest BCUT2D eigenvalue weighted by atomic mass is 9.91. The van der Waals surface area contributed by atoms with Crippen LogP contribution in [0, 0.1) is 11.8 Å². The number of carbonyl (C=O) groups excluding carboxylic acids is 1.